The molecule has 0 fully saturated rings. The van der Waals surface area contributed by atoms with Crippen LogP contribution in [0.3, 0.4) is 0 Å². The van der Waals surface area contributed by atoms with Crippen LogP contribution in [0.2, 0.25) is 0 Å². The van der Waals surface area contributed by atoms with Gasteiger partial charge in [0.05, 0.1) is 11.5 Å². The van der Waals surface area contributed by atoms with Crippen molar-refractivity contribution in [2.45, 2.75) is 13.8 Å². The van der Waals surface area contributed by atoms with Gasteiger partial charge in [0, 0.05) is 18.0 Å². The number of aryl methyl sites for hydroxylation is 1. The van der Waals surface area contributed by atoms with Crippen molar-refractivity contribution in [3.63, 3.8) is 0 Å². The summed E-state index contributed by atoms with van der Waals surface area (Å²) in [6.45, 7) is 4.64. The highest BCUT2D eigenvalue weighted by Gasteiger charge is 2.09. The number of nitrogens with zero attached hydrogens (tertiary/aromatic N) is 2. The molecule has 0 saturated carbocycles. The molecule has 4 heteroatoms. The van der Waals surface area contributed by atoms with Crippen LogP contribution in [0.25, 0.3) is 10.6 Å². The maximum absolute atomic E-state index is 5.42. The summed E-state index contributed by atoms with van der Waals surface area (Å²) in [5.41, 5.74) is 1.09. The average molecular weight is 220 g/mol. The molecule has 3 nitrogen and oxygen atoms in total. The lowest BCUT2D eigenvalue weighted by Gasteiger charge is -1.97. The molecular weight excluding hydrogens is 208 g/mol. The summed E-state index contributed by atoms with van der Waals surface area (Å²) in [5.74, 6) is 0.745. The van der Waals surface area contributed by atoms with Crippen molar-refractivity contribution in [2.75, 3.05) is 6.61 Å². The highest BCUT2D eigenvalue weighted by Crippen LogP contribution is 2.31. The smallest absolute Gasteiger partial charge is 0.227 e. The molecule has 0 unspecified atom stereocenters. The van der Waals surface area contributed by atoms with E-state index in [1.165, 1.54) is 0 Å². The van der Waals surface area contributed by atoms with Crippen LogP contribution in [0.1, 0.15) is 11.8 Å². The number of ether oxygens (including phenoxy) is 1. The Bertz CT molecular complexity index is 439. The van der Waals surface area contributed by atoms with Crippen molar-refractivity contribution in [1.82, 2.24) is 9.97 Å². The van der Waals surface area contributed by atoms with Gasteiger partial charge in [0.1, 0.15) is 5.01 Å². The second-order valence-corrected chi connectivity index (χ2v) is 4.25. The molecule has 0 aliphatic heterocycles. The molecule has 2 aromatic rings. The van der Waals surface area contributed by atoms with E-state index in [4.69, 9.17) is 4.74 Å². The second-order valence-electron chi connectivity index (χ2n) is 3.05. The fourth-order valence-electron chi connectivity index (χ4n) is 1.27. The third-order valence-electron chi connectivity index (χ3n) is 1.96. The van der Waals surface area contributed by atoms with Crippen molar-refractivity contribution in [3.05, 3.63) is 29.4 Å². The Morgan fingerprint density at radius 2 is 2.07 bits per heavy atom. The van der Waals surface area contributed by atoms with Crippen molar-refractivity contribution in [3.8, 4) is 16.5 Å². The molecular formula is C11H12N2OS. The fourth-order valence-corrected chi connectivity index (χ4v) is 2.14. The van der Waals surface area contributed by atoms with Gasteiger partial charge in [-0.25, -0.2) is 4.98 Å². The van der Waals surface area contributed by atoms with Gasteiger partial charge in [-0.05, 0) is 26.0 Å². The predicted molar refractivity (Wildman–Crippen MR) is 61.3 cm³/mol. The molecule has 0 aliphatic carbocycles. The maximum atomic E-state index is 5.42. The molecule has 2 rings (SSSR count). The predicted octanol–water partition coefficient (Wildman–Crippen LogP) is 2.91. The zero-order chi connectivity index (χ0) is 10.7. The minimum Gasteiger partial charge on any atom is -0.477 e. The van der Waals surface area contributed by atoms with Gasteiger partial charge in [-0.1, -0.05) is 0 Å². The Hall–Kier alpha value is -1.42. The van der Waals surface area contributed by atoms with Crippen LogP contribution in [0.15, 0.2) is 24.5 Å². The highest BCUT2D eigenvalue weighted by atomic mass is 32.1. The lowest BCUT2D eigenvalue weighted by molar-refractivity contribution is 0.327. The molecule has 0 bridgehead atoms. The van der Waals surface area contributed by atoms with E-state index in [-0.39, 0.29) is 0 Å². The van der Waals surface area contributed by atoms with Gasteiger partial charge in [-0.2, -0.15) is 0 Å². The van der Waals surface area contributed by atoms with Crippen LogP contribution >= 0.6 is 11.3 Å². The molecule has 0 saturated heterocycles. The summed E-state index contributed by atoms with van der Waals surface area (Å²) in [7, 11) is 0. The van der Waals surface area contributed by atoms with Crippen molar-refractivity contribution in [1.29, 1.82) is 0 Å². The summed E-state index contributed by atoms with van der Waals surface area (Å²) in [4.78, 5) is 9.53. The summed E-state index contributed by atoms with van der Waals surface area (Å²) in [6.07, 6.45) is 3.54. The van der Waals surface area contributed by atoms with Gasteiger partial charge in [0.25, 0.3) is 0 Å². The fraction of sp³-hybridized carbons (Fsp3) is 0.273. The normalized spacial score (nSPS) is 10.3. The summed E-state index contributed by atoms with van der Waals surface area (Å²) in [5, 5.41) is 0.985. The van der Waals surface area contributed by atoms with E-state index in [1.807, 2.05) is 26.0 Å². The molecule has 0 aromatic carbocycles. The van der Waals surface area contributed by atoms with Gasteiger partial charge in [0.2, 0.25) is 5.88 Å². The molecule has 0 amide bonds. The zero-order valence-electron chi connectivity index (χ0n) is 8.73. The molecule has 2 aromatic heterocycles. The van der Waals surface area contributed by atoms with E-state index in [9.17, 15) is 0 Å². The van der Waals surface area contributed by atoms with Crippen molar-refractivity contribution >= 4 is 11.3 Å². The Balaban J connectivity index is 2.34. The minimum absolute atomic E-state index is 0.653. The monoisotopic (exact) mass is 220 g/mol. The average Bonchev–Trinajstić information content (AvgIpc) is 2.63. The lowest BCUT2D eigenvalue weighted by Crippen LogP contribution is -1.92. The SMILES string of the molecule is CCOc1nc(-c2ccncc2)sc1C. The molecule has 0 atom stereocenters. The van der Waals surface area contributed by atoms with Crippen LogP contribution in [0.4, 0.5) is 0 Å². The van der Waals surface area contributed by atoms with Gasteiger partial charge >= 0.3 is 0 Å². The lowest BCUT2D eigenvalue weighted by atomic mass is 10.3. The first kappa shape index (κ1) is 10.1. The van der Waals surface area contributed by atoms with Crippen LogP contribution < -0.4 is 4.74 Å². The zero-order valence-corrected chi connectivity index (χ0v) is 9.54. The second kappa shape index (κ2) is 4.40. The highest BCUT2D eigenvalue weighted by molar-refractivity contribution is 7.15. The van der Waals surface area contributed by atoms with Crippen LogP contribution in [-0.4, -0.2) is 16.6 Å². The third-order valence-corrected chi connectivity index (χ3v) is 2.96. The Morgan fingerprint density at radius 3 is 2.73 bits per heavy atom. The summed E-state index contributed by atoms with van der Waals surface area (Å²) in [6, 6.07) is 3.90. The van der Waals surface area contributed by atoms with Gasteiger partial charge in [-0.3, -0.25) is 4.98 Å². The molecule has 0 radical (unpaired) electrons. The van der Waals surface area contributed by atoms with Crippen LogP contribution in [0, 0.1) is 6.92 Å². The van der Waals surface area contributed by atoms with Crippen molar-refractivity contribution < 1.29 is 4.74 Å². The number of pyridine rings is 1. The Labute approximate surface area is 92.8 Å². The molecule has 0 spiro atoms. The Morgan fingerprint density at radius 1 is 1.33 bits per heavy atom. The first-order valence-corrected chi connectivity index (χ1v) is 5.63. The quantitative estimate of drug-likeness (QED) is 0.797. The third kappa shape index (κ3) is 2.15. The number of hydrogen-bond donors (Lipinski definition) is 0. The number of hydrogen-bond acceptors (Lipinski definition) is 4. The summed E-state index contributed by atoms with van der Waals surface area (Å²) >= 11 is 1.64. The first-order chi connectivity index (χ1) is 7.31. The largest absolute Gasteiger partial charge is 0.477 e. The number of rotatable bonds is 3. The number of thiazole rings is 1. The standard InChI is InChI=1S/C11H12N2OS/c1-3-14-10-8(2)15-11(13-10)9-4-6-12-7-5-9/h4-7H,3H2,1-2H3. The van der Waals surface area contributed by atoms with Gasteiger partial charge in [-0.15, -0.1) is 11.3 Å². The van der Waals surface area contributed by atoms with E-state index in [0.717, 1.165) is 21.3 Å². The topological polar surface area (TPSA) is 35.0 Å². The molecule has 0 aliphatic rings. The molecule has 2 heterocycles. The molecule has 78 valence electrons. The first-order valence-electron chi connectivity index (χ1n) is 4.82. The maximum Gasteiger partial charge on any atom is 0.227 e. The van der Waals surface area contributed by atoms with E-state index < -0.39 is 0 Å². The molecule has 0 N–H and O–H groups in total. The van der Waals surface area contributed by atoms with E-state index in [1.54, 1.807) is 23.7 Å². The van der Waals surface area contributed by atoms with Crippen LogP contribution in [-0.2, 0) is 0 Å². The number of aromatic nitrogens is 2. The van der Waals surface area contributed by atoms with E-state index in [0.29, 0.717) is 6.61 Å². The van der Waals surface area contributed by atoms with E-state index in [2.05, 4.69) is 9.97 Å². The Kier molecular flexibility index (Phi) is 2.97. The molecule has 15 heavy (non-hydrogen) atoms. The van der Waals surface area contributed by atoms with Crippen LogP contribution in [0.5, 0.6) is 5.88 Å². The van der Waals surface area contributed by atoms with Gasteiger partial charge < -0.3 is 4.74 Å². The summed E-state index contributed by atoms with van der Waals surface area (Å²) < 4.78 is 5.42. The minimum atomic E-state index is 0.653. The van der Waals surface area contributed by atoms with E-state index >= 15 is 0 Å². The van der Waals surface area contributed by atoms with Crippen molar-refractivity contribution in [2.24, 2.45) is 0 Å². The van der Waals surface area contributed by atoms with Gasteiger partial charge in [0.15, 0.2) is 0 Å².